The number of methoxy groups -OCH3 is 1. The second-order valence-corrected chi connectivity index (χ2v) is 3.68. The lowest BCUT2D eigenvalue weighted by molar-refractivity contribution is 0.368. The summed E-state index contributed by atoms with van der Waals surface area (Å²) in [5.74, 6) is -2.21. The number of rotatable bonds is 3. The van der Waals surface area contributed by atoms with Crippen molar-refractivity contribution in [3.05, 3.63) is 29.3 Å². The Kier molecular flexibility index (Phi) is 2.48. The Bertz CT molecular complexity index is 477. The van der Waals surface area contributed by atoms with Gasteiger partial charge in [0.1, 0.15) is 5.54 Å². The van der Waals surface area contributed by atoms with Crippen molar-refractivity contribution in [1.82, 2.24) is 0 Å². The lowest BCUT2D eigenvalue weighted by Crippen LogP contribution is -2.08. The van der Waals surface area contributed by atoms with E-state index in [1.807, 2.05) is 0 Å². The molecule has 0 atom stereocenters. The Labute approximate surface area is 90.8 Å². The first kappa shape index (κ1) is 10.8. The zero-order valence-electron chi connectivity index (χ0n) is 8.59. The lowest BCUT2D eigenvalue weighted by Gasteiger charge is -2.11. The summed E-state index contributed by atoms with van der Waals surface area (Å²) in [6.45, 7) is 0. The zero-order valence-corrected chi connectivity index (χ0v) is 8.59. The summed E-state index contributed by atoms with van der Waals surface area (Å²) >= 11 is 0. The molecule has 1 aliphatic rings. The first-order valence-corrected chi connectivity index (χ1v) is 4.76. The monoisotopic (exact) mass is 225 g/mol. The standard InChI is InChI=1S/C11H9F2NO2/c1-16-8-3-2-7(9(12)10(8)13)11(4-5-11)14-6-15/h2-3H,4-5H2,1H3. The summed E-state index contributed by atoms with van der Waals surface area (Å²) in [5.41, 5.74) is -0.812. The molecule has 5 heteroatoms. The van der Waals surface area contributed by atoms with Gasteiger partial charge >= 0.3 is 0 Å². The molecule has 0 spiro atoms. The number of isocyanates is 1. The van der Waals surface area contributed by atoms with Gasteiger partial charge in [-0.3, -0.25) is 0 Å². The van der Waals surface area contributed by atoms with Crippen LogP contribution in [0.4, 0.5) is 8.78 Å². The van der Waals surface area contributed by atoms with E-state index in [-0.39, 0.29) is 11.3 Å². The van der Waals surface area contributed by atoms with Crippen molar-refractivity contribution in [1.29, 1.82) is 0 Å². The maximum Gasteiger partial charge on any atom is 0.235 e. The fourth-order valence-electron chi connectivity index (χ4n) is 1.70. The maximum absolute atomic E-state index is 13.7. The number of ether oxygens (including phenoxy) is 1. The Morgan fingerprint density at radius 2 is 2.06 bits per heavy atom. The number of hydrogen-bond acceptors (Lipinski definition) is 3. The maximum atomic E-state index is 13.7. The number of hydrogen-bond donors (Lipinski definition) is 0. The molecule has 2 rings (SSSR count). The molecule has 1 aromatic carbocycles. The minimum absolute atomic E-state index is 0.0918. The van der Waals surface area contributed by atoms with Gasteiger partial charge in [0, 0.05) is 5.56 Å². The Hall–Kier alpha value is -1.74. The molecule has 0 bridgehead atoms. The third-order valence-electron chi connectivity index (χ3n) is 2.75. The summed E-state index contributed by atoms with van der Waals surface area (Å²) in [6, 6.07) is 2.72. The van der Waals surface area contributed by atoms with Crippen LogP contribution in [-0.4, -0.2) is 13.2 Å². The van der Waals surface area contributed by atoms with Gasteiger partial charge in [-0.2, -0.15) is 9.38 Å². The zero-order chi connectivity index (χ0) is 11.8. The average molecular weight is 225 g/mol. The van der Waals surface area contributed by atoms with Crippen LogP contribution in [0.2, 0.25) is 0 Å². The van der Waals surface area contributed by atoms with Crippen molar-refractivity contribution in [2.24, 2.45) is 4.99 Å². The minimum Gasteiger partial charge on any atom is -0.494 e. The summed E-state index contributed by atoms with van der Waals surface area (Å²) in [7, 11) is 1.26. The van der Waals surface area contributed by atoms with E-state index in [4.69, 9.17) is 0 Å². The second kappa shape index (κ2) is 3.68. The first-order chi connectivity index (χ1) is 7.64. The van der Waals surface area contributed by atoms with E-state index in [1.54, 1.807) is 0 Å². The molecule has 0 unspecified atom stereocenters. The fraction of sp³-hybridized carbons (Fsp3) is 0.364. The van der Waals surface area contributed by atoms with Crippen molar-refractivity contribution in [3.63, 3.8) is 0 Å². The predicted octanol–water partition coefficient (Wildman–Crippen LogP) is 2.30. The minimum atomic E-state index is -1.05. The SMILES string of the molecule is COc1ccc(C2(N=C=O)CC2)c(F)c1F. The van der Waals surface area contributed by atoms with E-state index in [0.29, 0.717) is 12.8 Å². The van der Waals surface area contributed by atoms with Crippen LogP contribution < -0.4 is 4.74 Å². The molecule has 0 saturated heterocycles. The van der Waals surface area contributed by atoms with Crippen molar-refractivity contribution in [2.75, 3.05) is 7.11 Å². The number of aliphatic imine (C=N–C) groups is 1. The molecule has 0 N–H and O–H groups in total. The number of nitrogens with zero attached hydrogens (tertiary/aromatic N) is 1. The van der Waals surface area contributed by atoms with Gasteiger partial charge in [0.2, 0.25) is 11.9 Å². The predicted molar refractivity (Wildman–Crippen MR) is 51.9 cm³/mol. The average Bonchev–Trinajstić information content (AvgIpc) is 3.03. The van der Waals surface area contributed by atoms with Gasteiger partial charge in [0.05, 0.1) is 7.11 Å². The molecule has 0 aromatic heterocycles. The van der Waals surface area contributed by atoms with Gasteiger partial charge in [-0.25, -0.2) is 9.18 Å². The molecule has 0 heterocycles. The van der Waals surface area contributed by atoms with Crippen molar-refractivity contribution in [3.8, 4) is 5.75 Å². The number of halogens is 2. The van der Waals surface area contributed by atoms with Crippen LogP contribution in [0.3, 0.4) is 0 Å². The molecule has 0 aliphatic heterocycles. The van der Waals surface area contributed by atoms with Gasteiger partial charge in [-0.1, -0.05) is 0 Å². The summed E-state index contributed by atoms with van der Waals surface area (Å²) in [4.78, 5) is 13.8. The van der Waals surface area contributed by atoms with Crippen LogP contribution in [0.15, 0.2) is 17.1 Å². The Morgan fingerprint density at radius 3 is 2.56 bits per heavy atom. The molecular formula is C11H9F2NO2. The lowest BCUT2D eigenvalue weighted by atomic mass is 10.0. The summed E-state index contributed by atoms with van der Waals surface area (Å²) in [6.07, 6.45) is 2.46. The Morgan fingerprint density at radius 1 is 1.38 bits per heavy atom. The van der Waals surface area contributed by atoms with Crippen LogP contribution in [0, 0.1) is 11.6 Å². The molecule has 16 heavy (non-hydrogen) atoms. The number of carbonyl (C=O) groups excluding carboxylic acids is 1. The van der Waals surface area contributed by atoms with E-state index in [1.165, 1.54) is 25.3 Å². The van der Waals surface area contributed by atoms with Gasteiger partial charge < -0.3 is 4.74 Å². The van der Waals surface area contributed by atoms with Gasteiger partial charge in [-0.05, 0) is 25.0 Å². The quantitative estimate of drug-likeness (QED) is 0.584. The number of benzene rings is 1. The molecule has 1 saturated carbocycles. The van der Waals surface area contributed by atoms with Crippen molar-refractivity contribution in [2.45, 2.75) is 18.4 Å². The van der Waals surface area contributed by atoms with E-state index in [0.717, 1.165) is 0 Å². The molecule has 1 aliphatic carbocycles. The highest BCUT2D eigenvalue weighted by atomic mass is 19.2. The normalized spacial score (nSPS) is 16.4. The summed E-state index contributed by atoms with van der Waals surface area (Å²) in [5, 5.41) is 0. The van der Waals surface area contributed by atoms with E-state index in [9.17, 15) is 13.6 Å². The van der Waals surface area contributed by atoms with Gasteiger partial charge in [0.25, 0.3) is 0 Å². The largest absolute Gasteiger partial charge is 0.494 e. The highest BCUT2D eigenvalue weighted by Crippen LogP contribution is 2.50. The van der Waals surface area contributed by atoms with E-state index >= 15 is 0 Å². The molecular weight excluding hydrogens is 216 g/mol. The summed E-state index contributed by atoms with van der Waals surface area (Å²) < 4.78 is 31.7. The van der Waals surface area contributed by atoms with Crippen molar-refractivity contribution < 1.29 is 18.3 Å². The third kappa shape index (κ3) is 1.49. The van der Waals surface area contributed by atoms with Crippen molar-refractivity contribution >= 4 is 6.08 Å². The third-order valence-corrected chi connectivity index (χ3v) is 2.75. The molecule has 84 valence electrons. The van der Waals surface area contributed by atoms with Crippen LogP contribution in [0.5, 0.6) is 5.75 Å². The van der Waals surface area contributed by atoms with Crippen LogP contribution in [-0.2, 0) is 10.3 Å². The molecule has 1 aromatic rings. The van der Waals surface area contributed by atoms with E-state index in [2.05, 4.69) is 9.73 Å². The Balaban J connectivity index is 2.52. The highest BCUT2D eigenvalue weighted by Gasteiger charge is 2.47. The van der Waals surface area contributed by atoms with Gasteiger partial charge in [0.15, 0.2) is 11.6 Å². The smallest absolute Gasteiger partial charge is 0.235 e. The first-order valence-electron chi connectivity index (χ1n) is 4.76. The molecule has 0 amide bonds. The van der Waals surface area contributed by atoms with Crippen LogP contribution in [0.25, 0.3) is 0 Å². The fourth-order valence-corrected chi connectivity index (χ4v) is 1.70. The second-order valence-electron chi connectivity index (χ2n) is 3.68. The van der Waals surface area contributed by atoms with E-state index < -0.39 is 17.2 Å². The molecule has 3 nitrogen and oxygen atoms in total. The highest BCUT2D eigenvalue weighted by molar-refractivity contribution is 5.43. The molecule has 0 radical (unpaired) electrons. The molecule has 1 fully saturated rings. The van der Waals surface area contributed by atoms with Gasteiger partial charge in [-0.15, -0.1) is 0 Å². The van der Waals surface area contributed by atoms with Crippen LogP contribution in [0.1, 0.15) is 18.4 Å². The topological polar surface area (TPSA) is 38.7 Å². The van der Waals surface area contributed by atoms with Crippen LogP contribution >= 0.6 is 0 Å².